The summed E-state index contributed by atoms with van der Waals surface area (Å²) in [6, 6.07) is 13.0. The number of benzene rings is 2. The van der Waals surface area contributed by atoms with Crippen molar-refractivity contribution in [1.29, 1.82) is 5.26 Å². The normalized spacial score (nSPS) is 10.6. The highest BCUT2D eigenvalue weighted by atomic mass is 16.6. The Labute approximate surface area is 155 Å². The molecule has 136 valence electrons. The molecule has 0 aliphatic rings. The minimum Gasteiger partial charge on any atom is -0.493 e. The summed E-state index contributed by atoms with van der Waals surface area (Å²) in [5.74, 6) is -0.304. The minimum absolute atomic E-state index is 0.0327. The van der Waals surface area contributed by atoms with E-state index in [-0.39, 0.29) is 28.8 Å². The number of aromatic nitrogens is 2. The van der Waals surface area contributed by atoms with E-state index in [4.69, 9.17) is 14.7 Å². The molecule has 0 unspecified atom stereocenters. The highest BCUT2D eigenvalue weighted by molar-refractivity contribution is 6.03. The van der Waals surface area contributed by atoms with Crippen LogP contribution in [0.4, 0.5) is 0 Å². The molecule has 0 amide bonds. The van der Waals surface area contributed by atoms with Crippen LogP contribution in [0.1, 0.15) is 35.9 Å². The molecule has 0 aliphatic heterocycles. The van der Waals surface area contributed by atoms with E-state index >= 15 is 0 Å². The number of nitrogens with zero attached hydrogens (tertiary/aromatic N) is 3. The third-order valence-corrected chi connectivity index (χ3v) is 4.01. The van der Waals surface area contributed by atoms with Crippen LogP contribution in [-0.2, 0) is 0 Å². The summed E-state index contributed by atoms with van der Waals surface area (Å²) in [5, 5.41) is 14.0. The Kier molecular flexibility index (Phi) is 4.90. The molecule has 0 bridgehead atoms. The lowest BCUT2D eigenvalue weighted by Gasteiger charge is -2.14. The van der Waals surface area contributed by atoms with Gasteiger partial charge in [-0.2, -0.15) is 10.4 Å². The molecule has 3 rings (SSSR count). The van der Waals surface area contributed by atoms with Gasteiger partial charge in [0.05, 0.1) is 30.2 Å². The molecule has 7 heteroatoms. The van der Waals surface area contributed by atoms with Gasteiger partial charge in [-0.15, -0.1) is 0 Å². The molecule has 0 saturated heterocycles. The number of carbonyl (C=O) groups excluding carboxylic acids is 1. The van der Waals surface area contributed by atoms with Crippen molar-refractivity contribution in [3.05, 3.63) is 64.1 Å². The van der Waals surface area contributed by atoms with E-state index in [1.165, 1.54) is 30.0 Å². The van der Waals surface area contributed by atoms with E-state index < -0.39 is 5.97 Å². The molecule has 0 spiro atoms. The van der Waals surface area contributed by atoms with Crippen molar-refractivity contribution in [3.63, 3.8) is 0 Å². The summed E-state index contributed by atoms with van der Waals surface area (Å²) in [4.78, 5) is 25.4. The average molecular weight is 363 g/mol. The van der Waals surface area contributed by atoms with Crippen LogP contribution in [0.3, 0.4) is 0 Å². The smallest absolute Gasteiger partial charge is 0.364 e. The monoisotopic (exact) mass is 363 g/mol. The van der Waals surface area contributed by atoms with E-state index in [1.54, 1.807) is 24.3 Å². The summed E-state index contributed by atoms with van der Waals surface area (Å²) < 4.78 is 11.9. The summed E-state index contributed by atoms with van der Waals surface area (Å²) >= 11 is 0. The van der Waals surface area contributed by atoms with Crippen molar-refractivity contribution >= 4 is 16.7 Å². The van der Waals surface area contributed by atoms with E-state index in [0.717, 1.165) is 0 Å². The van der Waals surface area contributed by atoms with Crippen molar-refractivity contribution in [2.75, 3.05) is 7.11 Å². The zero-order chi connectivity index (χ0) is 19.6. The zero-order valence-corrected chi connectivity index (χ0v) is 15.1. The number of fused-ring (bicyclic) bond motifs is 1. The van der Waals surface area contributed by atoms with Crippen LogP contribution >= 0.6 is 0 Å². The molecular formula is C20H17N3O4. The van der Waals surface area contributed by atoms with Gasteiger partial charge in [0.25, 0.3) is 5.56 Å². The van der Waals surface area contributed by atoms with Gasteiger partial charge in [0, 0.05) is 11.5 Å². The summed E-state index contributed by atoms with van der Waals surface area (Å²) in [6.45, 7) is 3.61. The number of rotatable bonds is 4. The largest absolute Gasteiger partial charge is 0.493 e. The number of nitriles is 1. The highest BCUT2D eigenvalue weighted by Gasteiger charge is 2.21. The first-order valence-electron chi connectivity index (χ1n) is 8.28. The molecule has 1 heterocycles. The Morgan fingerprint density at radius 1 is 1.15 bits per heavy atom. The van der Waals surface area contributed by atoms with Crippen molar-refractivity contribution in [1.82, 2.24) is 9.78 Å². The Morgan fingerprint density at radius 3 is 2.48 bits per heavy atom. The van der Waals surface area contributed by atoms with Crippen molar-refractivity contribution < 1.29 is 14.3 Å². The fourth-order valence-electron chi connectivity index (χ4n) is 2.68. The molecule has 0 fully saturated rings. The number of hydrogen-bond acceptors (Lipinski definition) is 6. The molecule has 2 aromatic carbocycles. The molecule has 0 aliphatic carbocycles. The van der Waals surface area contributed by atoms with Gasteiger partial charge < -0.3 is 9.47 Å². The molecule has 1 aromatic heterocycles. The number of carbonyl (C=O) groups is 1. The van der Waals surface area contributed by atoms with E-state index in [1.807, 2.05) is 19.9 Å². The lowest BCUT2D eigenvalue weighted by Crippen LogP contribution is -2.28. The van der Waals surface area contributed by atoms with Crippen LogP contribution < -0.4 is 15.0 Å². The number of hydrogen-bond donors (Lipinski definition) is 0. The van der Waals surface area contributed by atoms with Crippen LogP contribution in [0.5, 0.6) is 11.5 Å². The molecule has 3 aromatic rings. The van der Waals surface area contributed by atoms with Crippen LogP contribution in [0.25, 0.3) is 10.8 Å². The highest BCUT2D eigenvalue weighted by Crippen LogP contribution is 2.29. The first-order valence-corrected chi connectivity index (χ1v) is 8.28. The molecule has 0 atom stereocenters. The number of methoxy groups -OCH3 is 1. The zero-order valence-electron chi connectivity index (χ0n) is 15.1. The summed E-state index contributed by atoms with van der Waals surface area (Å²) in [5.41, 5.74) is 0.141. The molecule has 0 saturated carbocycles. The SMILES string of the molecule is COc1cc(C#N)ccc1OC(=O)c1nn(C(C)C)c(=O)c2ccccc12. The second-order valence-corrected chi connectivity index (χ2v) is 6.10. The predicted molar refractivity (Wildman–Crippen MR) is 99.1 cm³/mol. The van der Waals surface area contributed by atoms with Gasteiger partial charge in [-0.1, -0.05) is 18.2 Å². The molecule has 27 heavy (non-hydrogen) atoms. The van der Waals surface area contributed by atoms with E-state index in [9.17, 15) is 9.59 Å². The standard InChI is InChI=1S/C20H17N3O4/c1-12(2)23-19(24)15-7-5-4-6-14(15)18(22-23)20(25)27-16-9-8-13(11-21)10-17(16)26-3/h4-10,12H,1-3H3. The van der Waals surface area contributed by atoms with Crippen LogP contribution in [-0.4, -0.2) is 22.9 Å². The van der Waals surface area contributed by atoms with E-state index in [2.05, 4.69) is 5.10 Å². The van der Waals surface area contributed by atoms with Crippen LogP contribution in [0, 0.1) is 11.3 Å². The second-order valence-electron chi connectivity index (χ2n) is 6.10. The van der Waals surface area contributed by atoms with Crippen LogP contribution in [0.15, 0.2) is 47.3 Å². The average Bonchev–Trinajstić information content (AvgIpc) is 2.68. The van der Waals surface area contributed by atoms with Gasteiger partial charge in [0.15, 0.2) is 17.2 Å². The van der Waals surface area contributed by atoms with E-state index in [0.29, 0.717) is 16.3 Å². The Hall–Kier alpha value is -3.66. The van der Waals surface area contributed by atoms with Gasteiger partial charge in [-0.3, -0.25) is 4.79 Å². The van der Waals surface area contributed by atoms with Gasteiger partial charge >= 0.3 is 5.97 Å². The first kappa shape index (κ1) is 18.1. The Balaban J connectivity index is 2.11. The number of ether oxygens (including phenoxy) is 2. The van der Waals surface area contributed by atoms with Gasteiger partial charge in [-0.25, -0.2) is 9.48 Å². The van der Waals surface area contributed by atoms with Crippen molar-refractivity contribution in [2.45, 2.75) is 19.9 Å². The van der Waals surface area contributed by atoms with Crippen molar-refractivity contribution in [2.24, 2.45) is 0 Å². The Bertz CT molecular complexity index is 1130. The Morgan fingerprint density at radius 2 is 1.85 bits per heavy atom. The molecule has 7 nitrogen and oxygen atoms in total. The lowest BCUT2D eigenvalue weighted by molar-refractivity contribution is 0.0722. The third kappa shape index (κ3) is 3.37. The minimum atomic E-state index is -0.719. The fraction of sp³-hybridized carbons (Fsp3) is 0.200. The maximum atomic E-state index is 12.8. The maximum Gasteiger partial charge on any atom is 0.364 e. The number of esters is 1. The van der Waals surface area contributed by atoms with Crippen LogP contribution in [0.2, 0.25) is 0 Å². The molecule has 0 N–H and O–H groups in total. The van der Waals surface area contributed by atoms with Gasteiger partial charge in [0.2, 0.25) is 0 Å². The first-order chi connectivity index (χ1) is 13.0. The maximum absolute atomic E-state index is 12.8. The van der Waals surface area contributed by atoms with Gasteiger partial charge in [0.1, 0.15) is 0 Å². The summed E-state index contributed by atoms with van der Waals surface area (Å²) in [7, 11) is 1.42. The topological polar surface area (TPSA) is 94.2 Å². The third-order valence-electron chi connectivity index (χ3n) is 4.01. The second kappa shape index (κ2) is 7.30. The molecule has 0 radical (unpaired) electrons. The van der Waals surface area contributed by atoms with Crippen molar-refractivity contribution in [3.8, 4) is 17.6 Å². The molecular weight excluding hydrogens is 346 g/mol. The van der Waals surface area contributed by atoms with Gasteiger partial charge in [-0.05, 0) is 32.0 Å². The predicted octanol–water partition coefficient (Wildman–Crippen LogP) is 3.08. The summed E-state index contributed by atoms with van der Waals surface area (Å²) in [6.07, 6.45) is 0. The fourth-order valence-corrected chi connectivity index (χ4v) is 2.68. The lowest BCUT2D eigenvalue weighted by atomic mass is 10.1. The quantitative estimate of drug-likeness (QED) is 0.522.